The highest BCUT2D eigenvalue weighted by molar-refractivity contribution is 5.23. The molecule has 0 aliphatic carbocycles. The van der Waals surface area contributed by atoms with E-state index in [1.165, 1.54) is 0 Å². The van der Waals surface area contributed by atoms with Gasteiger partial charge in [0.2, 0.25) is 5.88 Å². The zero-order chi connectivity index (χ0) is 8.97. The first-order chi connectivity index (χ1) is 5.77. The average Bonchev–Trinajstić information content (AvgIpc) is 2.42. The molecule has 0 bridgehead atoms. The Morgan fingerprint density at radius 3 is 3.00 bits per heavy atom. The zero-order valence-electron chi connectivity index (χ0n) is 7.58. The molecule has 2 N–H and O–H groups in total. The van der Waals surface area contributed by atoms with Crippen molar-refractivity contribution >= 4 is 0 Å². The molecule has 0 aliphatic heterocycles. The van der Waals surface area contributed by atoms with Crippen molar-refractivity contribution in [3.63, 3.8) is 0 Å². The minimum atomic E-state index is 0.706. The maximum absolute atomic E-state index is 5.41. The van der Waals surface area contributed by atoms with Crippen LogP contribution in [-0.4, -0.2) is 23.4 Å². The fourth-order valence-electron chi connectivity index (χ4n) is 1.15. The third-order valence-corrected chi connectivity index (χ3v) is 1.71. The number of hydrogen-bond acceptors (Lipinski definition) is 3. The molecule has 1 heterocycles. The molecule has 0 radical (unpaired) electrons. The molecule has 0 saturated carbocycles. The van der Waals surface area contributed by atoms with Gasteiger partial charge in [-0.15, -0.1) is 5.10 Å². The largest absolute Gasteiger partial charge is 0.480 e. The zero-order valence-corrected chi connectivity index (χ0v) is 7.58. The SMILES string of the molecule is COc1nn(C)cc1CCCN. The van der Waals surface area contributed by atoms with Crippen LogP contribution in [0.1, 0.15) is 12.0 Å². The summed E-state index contributed by atoms with van der Waals surface area (Å²) in [5.41, 5.74) is 6.54. The van der Waals surface area contributed by atoms with Crippen LogP contribution in [0.5, 0.6) is 5.88 Å². The molecule has 0 aromatic carbocycles. The predicted molar refractivity (Wildman–Crippen MR) is 47.1 cm³/mol. The Bertz CT molecular complexity index is 244. The van der Waals surface area contributed by atoms with Gasteiger partial charge in [0, 0.05) is 18.8 Å². The first kappa shape index (κ1) is 9.06. The quantitative estimate of drug-likeness (QED) is 0.706. The third kappa shape index (κ3) is 1.98. The summed E-state index contributed by atoms with van der Waals surface area (Å²) >= 11 is 0. The standard InChI is InChI=1S/C8H15N3O/c1-11-6-7(4-3-5-9)8(10-11)12-2/h6H,3-5,9H2,1-2H3. The van der Waals surface area contributed by atoms with Crippen molar-refractivity contribution in [3.05, 3.63) is 11.8 Å². The summed E-state index contributed by atoms with van der Waals surface area (Å²) in [5, 5.41) is 4.14. The van der Waals surface area contributed by atoms with E-state index in [0.29, 0.717) is 12.4 Å². The van der Waals surface area contributed by atoms with Crippen LogP contribution in [0, 0.1) is 0 Å². The van der Waals surface area contributed by atoms with Crippen LogP contribution in [0.2, 0.25) is 0 Å². The first-order valence-corrected chi connectivity index (χ1v) is 4.04. The summed E-state index contributed by atoms with van der Waals surface area (Å²) in [6, 6.07) is 0. The van der Waals surface area contributed by atoms with Gasteiger partial charge in [0.15, 0.2) is 0 Å². The van der Waals surface area contributed by atoms with Crippen LogP contribution in [0.15, 0.2) is 6.20 Å². The lowest BCUT2D eigenvalue weighted by Gasteiger charge is -1.97. The highest BCUT2D eigenvalue weighted by Crippen LogP contribution is 2.15. The van der Waals surface area contributed by atoms with Gasteiger partial charge < -0.3 is 10.5 Å². The second kappa shape index (κ2) is 4.11. The van der Waals surface area contributed by atoms with Gasteiger partial charge in [0.1, 0.15) is 0 Å². The van der Waals surface area contributed by atoms with Gasteiger partial charge in [-0.05, 0) is 19.4 Å². The van der Waals surface area contributed by atoms with Crippen LogP contribution in [-0.2, 0) is 13.5 Å². The van der Waals surface area contributed by atoms with Crippen molar-refractivity contribution in [2.75, 3.05) is 13.7 Å². The molecular weight excluding hydrogens is 154 g/mol. The summed E-state index contributed by atoms with van der Waals surface area (Å²) in [6.07, 6.45) is 3.88. The van der Waals surface area contributed by atoms with Crippen molar-refractivity contribution in [2.45, 2.75) is 12.8 Å². The van der Waals surface area contributed by atoms with E-state index in [0.717, 1.165) is 18.4 Å². The molecule has 0 spiro atoms. The second-order valence-corrected chi connectivity index (χ2v) is 2.73. The van der Waals surface area contributed by atoms with E-state index in [1.807, 2.05) is 13.2 Å². The average molecular weight is 169 g/mol. The fourth-order valence-corrected chi connectivity index (χ4v) is 1.15. The van der Waals surface area contributed by atoms with Crippen molar-refractivity contribution in [1.82, 2.24) is 9.78 Å². The van der Waals surface area contributed by atoms with Gasteiger partial charge in [-0.3, -0.25) is 4.68 Å². The Morgan fingerprint density at radius 1 is 1.67 bits per heavy atom. The molecule has 0 amide bonds. The minimum Gasteiger partial charge on any atom is -0.480 e. The smallest absolute Gasteiger partial charge is 0.235 e. The summed E-state index contributed by atoms with van der Waals surface area (Å²) in [7, 11) is 3.52. The number of rotatable bonds is 4. The predicted octanol–water partition coefficient (Wildman–Crippen LogP) is 0.320. The van der Waals surface area contributed by atoms with Crippen LogP contribution in [0.25, 0.3) is 0 Å². The summed E-state index contributed by atoms with van der Waals surface area (Å²) in [4.78, 5) is 0. The summed E-state index contributed by atoms with van der Waals surface area (Å²) in [5.74, 6) is 0.714. The lowest BCUT2D eigenvalue weighted by molar-refractivity contribution is 0.387. The Labute approximate surface area is 72.3 Å². The topological polar surface area (TPSA) is 53.1 Å². The van der Waals surface area contributed by atoms with Crippen molar-refractivity contribution in [1.29, 1.82) is 0 Å². The van der Waals surface area contributed by atoms with E-state index < -0.39 is 0 Å². The van der Waals surface area contributed by atoms with E-state index in [9.17, 15) is 0 Å². The molecule has 0 aliphatic rings. The normalized spacial score (nSPS) is 10.2. The monoisotopic (exact) mass is 169 g/mol. The van der Waals surface area contributed by atoms with Gasteiger partial charge in [-0.25, -0.2) is 0 Å². The number of nitrogens with two attached hydrogens (primary N) is 1. The minimum absolute atomic E-state index is 0.706. The van der Waals surface area contributed by atoms with Gasteiger partial charge in [-0.1, -0.05) is 0 Å². The molecule has 1 rings (SSSR count). The summed E-state index contributed by atoms with van der Waals surface area (Å²) < 4.78 is 6.85. The molecule has 1 aromatic heterocycles. The Kier molecular flexibility index (Phi) is 3.10. The number of aromatic nitrogens is 2. The van der Waals surface area contributed by atoms with Crippen LogP contribution >= 0.6 is 0 Å². The fraction of sp³-hybridized carbons (Fsp3) is 0.625. The van der Waals surface area contributed by atoms with Crippen molar-refractivity contribution < 1.29 is 4.74 Å². The van der Waals surface area contributed by atoms with E-state index in [4.69, 9.17) is 10.5 Å². The molecule has 4 heteroatoms. The van der Waals surface area contributed by atoms with Crippen LogP contribution in [0.4, 0.5) is 0 Å². The maximum atomic E-state index is 5.41. The number of methoxy groups -OCH3 is 1. The van der Waals surface area contributed by atoms with Gasteiger partial charge in [-0.2, -0.15) is 0 Å². The molecular formula is C8H15N3O. The van der Waals surface area contributed by atoms with Gasteiger partial charge >= 0.3 is 0 Å². The van der Waals surface area contributed by atoms with Crippen LogP contribution < -0.4 is 10.5 Å². The van der Waals surface area contributed by atoms with E-state index in [2.05, 4.69) is 5.10 Å². The number of ether oxygens (including phenoxy) is 1. The van der Waals surface area contributed by atoms with Gasteiger partial charge in [0.25, 0.3) is 0 Å². The highest BCUT2D eigenvalue weighted by Gasteiger charge is 2.05. The van der Waals surface area contributed by atoms with E-state index in [-0.39, 0.29) is 0 Å². The maximum Gasteiger partial charge on any atom is 0.235 e. The third-order valence-electron chi connectivity index (χ3n) is 1.71. The van der Waals surface area contributed by atoms with E-state index >= 15 is 0 Å². The molecule has 0 unspecified atom stereocenters. The molecule has 0 atom stereocenters. The lowest BCUT2D eigenvalue weighted by atomic mass is 10.2. The molecule has 0 saturated heterocycles. The van der Waals surface area contributed by atoms with Crippen molar-refractivity contribution in [3.8, 4) is 5.88 Å². The Balaban J connectivity index is 2.68. The molecule has 0 fully saturated rings. The number of hydrogen-bond donors (Lipinski definition) is 1. The van der Waals surface area contributed by atoms with E-state index in [1.54, 1.807) is 11.8 Å². The number of nitrogens with zero attached hydrogens (tertiary/aromatic N) is 2. The number of aryl methyl sites for hydroxylation is 2. The molecule has 1 aromatic rings. The van der Waals surface area contributed by atoms with Gasteiger partial charge in [0.05, 0.1) is 7.11 Å². The Hall–Kier alpha value is -1.03. The molecule has 12 heavy (non-hydrogen) atoms. The molecule has 68 valence electrons. The van der Waals surface area contributed by atoms with Crippen LogP contribution in [0.3, 0.4) is 0 Å². The highest BCUT2D eigenvalue weighted by atomic mass is 16.5. The summed E-state index contributed by atoms with van der Waals surface area (Å²) in [6.45, 7) is 0.706. The lowest BCUT2D eigenvalue weighted by Crippen LogP contribution is -2.00. The van der Waals surface area contributed by atoms with Crippen molar-refractivity contribution in [2.24, 2.45) is 12.8 Å². The molecule has 4 nitrogen and oxygen atoms in total. The second-order valence-electron chi connectivity index (χ2n) is 2.73. The first-order valence-electron chi connectivity index (χ1n) is 4.04. The Morgan fingerprint density at radius 2 is 2.42 bits per heavy atom.